The van der Waals surface area contributed by atoms with Crippen molar-refractivity contribution in [3.8, 4) is 0 Å². The molecular weight excluding hydrogens is 380 g/mol. The summed E-state index contributed by atoms with van der Waals surface area (Å²) in [6.07, 6.45) is 4.94. The lowest BCUT2D eigenvalue weighted by Crippen LogP contribution is -2.50. The van der Waals surface area contributed by atoms with Crippen LogP contribution in [0.1, 0.15) is 44.6 Å². The fourth-order valence-electron chi connectivity index (χ4n) is 3.97. The van der Waals surface area contributed by atoms with Gasteiger partial charge in [0.2, 0.25) is 5.91 Å². The van der Waals surface area contributed by atoms with Crippen molar-refractivity contribution < 1.29 is 14.4 Å². The number of benzene rings is 1. The van der Waals surface area contributed by atoms with Gasteiger partial charge in [0.15, 0.2) is 0 Å². The first kappa shape index (κ1) is 22.0. The van der Waals surface area contributed by atoms with Crippen LogP contribution in [0.2, 0.25) is 0 Å². The first-order valence-corrected chi connectivity index (χ1v) is 9.69. The number of nitrogen functional groups attached to an aromatic ring is 1. The van der Waals surface area contributed by atoms with E-state index in [9.17, 15) is 14.4 Å². The molecule has 1 saturated carbocycles. The smallest absolute Gasteiger partial charge is 0.325 e. The Bertz CT molecular complexity index is 715. The molecule has 1 spiro atoms. The molecule has 1 aliphatic carbocycles. The fraction of sp³-hybridized carbons (Fsp3) is 0.550. The van der Waals surface area contributed by atoms with Crippen molar-refractivity contribution in [2.45, 2.75) is 51.0 Å². The Morgan fingerprint density at radius 1 is 1.25 bits per heavy atom. The van der Waals surface area contributed by atoms with Gasteiger partial charge in [0, 0.05) is 12.2 Å². The summed E-state index contributed by atoms with van der Waals surface area (Å²) in [7, 11) is 0. The molecule has 8 heteroatoms. The minimum absolute atomic E-state index is 0. The molecule has 0 radical (unpaired) electrons. The zero-order valence-electron chi connectivity index (χ0n) is 16.2. The maximum Gasteiger partial charge on any atom is 0.325 e. The Balaban J connectivity index is 0.00000280. The van der Waals surface area contributed by atoms with E-state index < -0.39 is 11.6 Å². The highest BCUT2D eigenvalue weighted by Crippen LogP contribution is 2.37. The van der Waals surface area contributed by atoms with E-state index in [0.29, 0.717) is 37.4 Å². The largest absolute Gasteiger partial charge is 0.399 e. The van der Waals surface area contributed by atoms with Gasteiger partial charge in [-0.1, -0.05) is 25.5 Å². The van der Waals surface area contributed by atoms with Gasteiger partial charge in [0.1, 0.15) is 12.1 Å². The van der Waals surface area contributed by atoms with Crippen LogP contribution in [-0.2, 0) is 16.0 Å². The average molecular weight is 409 g/mol. The highest BCUT2D eigenvalue weighted by Gasteiger charge is 2.52. The summed E-state index contributed by atoms with van der Waals surface area (Å²) in [5.74, 6) is 0.0370. The lowest BCUT2D eigenvalue weighted by Gasteiger charge is -2.34. The van der Waals surface area contributed by atoms with Gasteiger partial charge in [-0.3, -0.25) is 14.5 Å². The molecule has 1 aromatic carbocycles. The van der Waals surface area contributed by atoms with E-state index in [1.54, 1.807) is 0 Å². The second-order valence-electron chi connectivity index (χ2n) is 7.60. The number of carbonyl (C=O) groups is 3. The number of hydrogen-bond donors (Lipinski definition) is 3. The summed E-state index contributed by atoms with van der Waals surface area (Å²) in [5.41, 5.74) is 6.61. The lowest BCUT2D eigenvalue weighted by atomic mass is 9.75. The number of carbonyl (C=O) groups excluding carboxylic acids is 3. The van der Waals surface area contributed by atoms with E-state index in [1.807, 2.05) is 24.3 Å². The summed E-state index contributed by atoms with van der Waals surface area (Å²) in [6, 6.07) is 7.00. The lowest BCUT2D eigenvalue weighted by molar-refractivity contribution is -0.136. The van der Waals surface area contributed by atoms with Crippen molar-refractivity contribution in [1.82, 2.24) is 15.5 Å². The van der Waals surface area contributed by atoms with Crippen LogP contribution >= 0.6 is 12.4 Å². The molecule has 3 rings (SSSR count). The number of imide groups is 1. The molecule has 2 fully saturated rings. The maximum absolute atomic E-state index is 12.8. The zero-order chi connectivity index (χ0) is 19.4. The molecule has 1 saturated heterocycles. The minimum Gasteiger partial charge on any atom is -0.399 e. The summed E-state index contributed by atoms with van der Waals surface area (Å²) >= 11 is 0. The molecule has 0 bridgehead atoms. The number of halogens is 1. The van der Waals surface area contributed by atoms with Crippen molar-refractivity contribution in [3.63, 3.8) is 0 Å². The van der Waals surface area contributed by atoms with Crippen LogP contribution in [0, 0.1) is 5.92 Å². The van der Waals surface area contributed by atoms with E-state index in [4.69, 9.17) is 5.73 Å². The number of rotatable bonds is 6. The number of urea groups is 1. The molecule has 7 nitrogen and oxygen atoms in total. The maximum atomic E-state index is 12.8. The Labute approximate surface area is 171 Å². The third-order valence-corrected chi connectivity index (χ3v) is 5.80. The first-order valence-electron chi connectivity index (χ1n) is 9.69. The van der Waals surface area contributed by atoms with Gasteiger partial charge in [-0.2, -0.15) is 0 Å². The molecule has 2 aliphatic rings. The predicted octanol–water partition coefficient (Wildman–Crippen LogP) is 2.24. The van der Waals surface area contributed by atoms with Crippen LogP contribution in [-0.4, -0.2) is 41.4 Å². The molecule has 1 aliphatic heterocycles. The van der Waals surface area contributed by atoms with E-state index >= 15 is 0 Å². The standard InChI is InChI=1S/C20H28N4O3.ClH/c1-2-14-7-10-20(11-8-14)18(26)24(19(27)23-20)13-17(25)22-12-9-15-3-5-16(21)6-4-15;/h3-6,14H,2,7-13,21H2,1H3,(H,22,25)(H,23,27);1H. The minimum atomic E-state index is -0.799. The van der Waals surface area contributed by atoms with Crippen LogP contribution in [0.15, 0.2) is 24.3 Å². The SMILES string of the molecule is CCC1CCC2(CC1)NC(=O)N(CC(=O)NCCc1ccc(N)cc1)C2=O.Cl. The van der Waals surface area contributed by atoms with Crippen molar-refractivity contribution in [2.24, 2.45) is 5.92 Å². The van der Waals surface area contributed by atoms with E-state index in [2.05, 4.69) is 17.6 Å². The van der Waals surface area contributed by atoms with Crippen LogP contribution < -0.4 is 16.4 Å². The number of nitrogens with zero attached hydrogens (tertiary/aromatic N) is 1. The number of anilines is 1. The first-order chi connectivity index (χ1) is 12.9. The Kier molecular flexibility index (Phi) is 7.29. The molecule has 154 valence electrons. The second-order valence-corrected chi connectivity index (χ2v) is 7.60. The number of hydrogen-bond acceptors (Lipinski definition) is 4. The van der Waals surface area contributed by atoms with Gasteiger partial charge in [-0.15, -0.1) is 12.4 Å². The van der Waals surface area contributed by atoms with Crippen molar-refractivity contribution in [2.75, 3.05) is 18.8 Å². The number of nitrogens with two attached hydrogens (primary N) is 1. The molecule has 28 heavy (non-hydrogen) atoms. The van der Waals surface area contributed by atoms with E-state index in [-0.39, 0.29) is 30.8 Å². The average Bonchev–Trinajstić information content (AvgIpc) is 2.88. The van der Waals surface area contributed by atoms with Gasteiger partial charge in [-0.25, -0.2) is 4.79 Å². The summed E-state index contributed by atoms with van der Waals surface area (Å²) in [6.45, 7) is 2.36. The van der Waals surface area contributed by atoms with Gasteiger partial charge < -0.3 is 16.4 Å². The molecule has 4 N–H and O–H groups in total. The highest BCUT2D eigenvalue weighted by atomic mass is 35.5. The number of amides is 4. The van der Waals surface area contributed by atoms with Crippen LogP contribution in [0.3, 0.4) is 0 Å². The van der Waals surface area contributed by atoms with Crippen LogP contribution in [0.4, 0.5) is 10.5 Å². The van der Waals surface area contributed by atoms with Crippen molar-refractivity contribution in [3.05, 3.63) is 29.8 Å². The Morgan fingerprint density at radius 2 is 1.89 bits per heavy atom. The third-order valence-electron chi connectivity index (χ3n) is 5.80. The summed E-state index contributed by atoms with van der Waals surface area (Å²) in [5, 5.41) is 5.63. The van der Waals surface area contributed by atoms with E-state index in [0.717, 1.165) is 29.7 Å². The quantitative estimate of drug-likeness (QED) is 0.496. The van der Waals surface area contributed by atoms with Crippen molar-refractivity contribution in [1.29, 1.82) is 0 Å². The fourth-order valence-corrected chi connectivity index (χ4v) is 3.97. The monoisotopic (exact) mass is 408 g/mol. The third kappa shape index (κ3) is 4.76. The Hall–Kier alpha value is -2.28. The van der Waals surface area contributed by atoms with Gasteiger partial charge in [0.25, 0.3) is 5.91 Å². The Morgan fingerprint density at radius 3 is 2.50 bits per heavy atom. The van der Waals surface area contributed by atoms with Crippen molar-refractivity contribution >= 4 is 35.9 Å². The number of nitrogens with one attached hydrogen (secondary N) is 2. The zero-order valence-corrected chi connectivity index (χ0v) is 17.0. The topological polar surface area (TPSA) is 105 Å². The molecule has 0 aromatic heterocycles. The normalized spacial score (nSPS) is 24.0. The summed E-state index contributed by atoms with van der Waals surface area (Å²) < 4.78 is 0. The predicted molar refractivity (Wildman–Crippen MR) is 110 cm³/mol. The molecule has 0 unspecified atom stereocenters. The molecule has 1 aromatic rings. The van der Waals surface area contributed by atoms with Crippen LogP contribution in [0.5, 0.6) is 0 Å². The van der Waals surface area contributed by atoms with Crippen LogP contribution in [0.25, 0.3) is 0 Å². The van der Waals surface area contributed by atoms with E-state index in [1.165, 1.54) is 0 Å². The molecule has 1 heterocycles. The molecule has 0 atom stereocenters. The molecule has 4 amide bonds. The molecular formula is C20H29ClN4O3. The highest BCUT2D eigenvalue weighted by molar-refractivity contribution is 6.09. The van der Waals surface area contributed by atoms with Gasteiger partial charge in [-0.05, 0) is 55.7 Å². The van der Waals surface area contributed by atoms with Gasteiger partial charge in [0.05, 0.1) is 0 Å². The second kappa shape index (κ2) is 9.28. The van der Waals surface area contributed by atoms with Gasteiger partial charge >= 0.3 is 6.03 Å². The summed E-state index contributed by atoms with van der Waals surface area (Å²) in [4.78, 5) is 38.3.